The maximum Gasteiger partial charge on any atom is 0.332 e. The largest absolute Gasteiger partial charge is 0.478 e. The third kappa shape index (κ3) is 3.49. The molecule has 0 radical (unpaired) electrons. The van der Waals surface area contributed by atoms with Crippen molar-refractivity contribution in [2.75, 3.05) is 0 Å². The zero-order chi connectivity index (χ0) is 5.86. The molecule has 0 amide bonds. The maximum atomic E-state index is 9.78. The Morgan fingerprint density at radius 2 is 2.12 bits per heavy atom. The van der Waals surface area contributed by atoms with Crippen LogP contribution in [0.5, 0.6) is 0 Å². The first kappa shape index (κ1) is 10.3. The van der Waals surface area contributed by atoms with E-state index < -0.39 is 5.97 Å². The minimum absolute atomic E-state index is 0. The molecule has 0 saturated heterocycles. The number of hydrogen-bond acceptors (Lipinski definition) is 2. The van der Waals surface area contributed by atoms with E-state index in [4.69, 9.17) is 10.8 Å². The number of carbonyl (C=O) groups is 1. The molecule has 3 N–H and O–H groups in total. The predicted octanol–water partition coefficient (Wildman–Crippen LogP) is 0.355. The molecular formula is C4H8ClNO2. The minimum atomic E-state index is -0.970. The van der Waals surface area contributed by atoms with Gasteiger partial charge in [0.15, 0.2) is 0 Å². The second-order valence-electron chi connectivity index (χ2n) is 1.15. The van der Waals surface area contributed by atoms with E-state index >= 15 is 0 Å². The highest BCUT2D eigenvalue weighted by atomic mass is 35.5. The summed E-state index contributed by atoms with van der Waals surface area (Å²) in [6.45, 7) is 1.43. The van der Waals surface area contributed by atoms with Crippen molar-refractivity contribution < 1.29 is 9.90 Å². The van der Waals surface area contributed by atoms with Crippen molar-refractivity contribution in [2.45, 2.75) is 6.92 Å². The van der Waals surface area contributed by atoms with Crippen LogP contribution in [0.15, 0.2) is 11.8 Å². The average Bonchev–Trinajstić information content (AvgIpc) is 1.65. The number of carboxylic acids is 1. The number of nitrogens with two attached hydrogens (primary N) is 1. The summed E-state index contributed by atoms with van der Waals surface area (Å²) in [6.07, 6.45) is 1.06. The van der Waals surface area contributed by atoms with Crippen LogP contribution >= 0.6 is 12.4 Å². The smallest absolute Gasteiger partial charge is 0.332 e. The van der Waals surface area contributed by atoms with Gasteiger partial charge >= 0.3 is 5.97 Å². The second kappa shape index (κ2) is 4.46. The van der Waals surface area contributed by atoms with Crippen LogP contribution in [-0.4, -0.2) is 11.1 Å². The number of hydrogen-bond donors (Lipinski definition) is 2. The number of aliphatic carboxylic acids is 1. The normalized spacial score (nSPS) is 9.88. The average molecular weight is 138 g/mol. The van der Waals surface area contributed by atoms with Crippen molar-refractivity contribution in [1.82, 2.24) is 0 Å². The fourth-order valence-corrected chi connectivity index (χ4v) is 0.0713. The van der Waals surface area contributed by atoms with Gasteiger partial charge in [0.25, 0.3) is 0 Å². The van der Waals surface area contributed by atoms with Crippen LogP contribution in [0.4, 0.5) is 0 Å². The zero-order valence-electron chi connectivity index (χ0n) is 4.42. The Labute approximate surface area is 53.6 Å². The molecule has 0 aromatic heterocycles. The topological polar surface area (TPSA) is 63.3 Å². The van der Waals surface area contributed by atoms with Gasteiger partial charge in [0.2, 0.25) is 0 Å². The summed E-state index contributed by atoms with van der Waals surface area (Å²) in [5, 5.41) is 8.03. The van der Waals surface area contributed by atoms with Gasteiger partial charge in [-0.2, -0.15) is 0 Å². The van der Waals surface area contributed by atoms with E-state index in [-0.39, 0.29) is 18.0 Å². The SMILES string of the molecule is C/C(=C\N)C(=O)O.Cl. The Kier molecular flexibility index (Phi) is 5.75. The lowest BCUT2D eigenvalue weighted by Crippen LogP contribution is -1.98. The molecule has 0 bridgehead atoms. The van der Waals surface area contributed by atoms with Crippen molar-refractivity contribution in [3.8, 4) is 0 Å². The molecule has 0 rings (SSSR count). The Hall–Kier alpha value is -0.700. The van der Waals surface area contributed by atoms with Gasteiger partial charge in [0.05, 0.1) is 0 Å². The van der Waals surface area contributed by atoms with Crippen molar-refractivity contribution in [1.29, 1.82) is 0 Å². The molecule has 0 atom stereocenters. The predicted molar refractivity (Wildman–Crippen MR) is 32.8 cm³/mol. The van der Waals surface area contributed by atoms with Gasteiger partial charge in [-0.25, -0.2) is 4.79 Å². The Morgan fingerprint density at radius 3 is 2.12 bits per heavy atom. The molecule has 3 nitrogen and oxygen atoms in total. The van der Waals surface area contributed by atoms with Gasteiger partial charge in [0.1, 0.15) is 0 Å². The first-order valence-electron chi connectivity index (χ1n) is 1.80. The number of rotatable bonds is 1. The fraction of sp³-hybridized carbons (Fsp3) is 0.250. The highest BCUT2D eigenvalue weighted by Gasteiger charge is 1.94. The van der Waals surface area contributed by atoms with Crippen LogP contribution in [0.25, 0.3) is 0 Å². The van der Waals surface area contributed by atoms with E-state index in [1.807, 2.05) is 0 Å². The van der Waals surface area contributed by atoms with Crippen LogP contribution < -0.4 is 5.73 Å². The number of halogens is 1. The zero-order valence-corrected chi connectivity index (χ0v) is 5.23. The highest BCUT2D eigenvalue weighted by molar-refractivity contribution is 5.85. The van der Waals surface area contributed by atoms with Crippen molar-refractivity contribution >= 4 is 18.4 Å². The van der Waals surface area contributed by atoms with Crippen molar-refractivity contribution in [2.24, 2.45) is 5.73 Å². The van der Waals surface area contributed by atoms with Crippen LogP contribution in [0.1, 0.15) is 6.92 Å². The molecule has 0 aliphatic carbocycles. The van der Waals surface area contributed by atoms with Crippen LogP contribution in [0.3, 0.4) is 0 Å². The summed E-state index contributed by atoms with van der Waals surface area (Å²) in [5.41, 5.74) is 5.00. The summed E-state index contributed by atoms with van der Waals surface area (Å²) >= 11 is 0. The van der Waals surface area contributed by atoms with E-state index in [0.717, 1.165) is 6.20 Å². The standard InChI is InChI=1S/C4H7NO2.ClH/c1-3(2-5)4(6)7;/h2H,5H2,1H3,(H,6,7);1H/b3-2+;. The lowest BCUT2D eigenvalue weighted by molar-refractivity contribution is -0.132. The van der Waals surface area contributed by atoms with Crippen LogP contribution in [0, 0.1) is 0 Å². The van der Waals surface area contributed by atoms with E-state index in [0.29, 0.717) is 0 Å². The molecule has 0 fully saturated rings. The Balaban J connectivity index is 0. The Morgan fingerprint density at radius 1 is 1.75 bits per heavy atom. The first-order valence-corrected chi connectivity index (χ1v) is 1.80. The molecule has 8 heavy (non-hydrogen) atoms. The lowest BCUT2D eigenvalue weighted by Gasteiger charge is -1.84. The van der Waals surface area contributed by atoms with Gasteiger partial charge in [0, 0.05) is 11.8 Å². The van der Waals surface area contributed by atoms with E-state index in [1.54, 1.807) is 0 Å². The van der Waals surface area contributed by atoms with E-state index in [1.165, 1.54) is 6.92 Å². The summed E-state index contributed by atoms with van der Waals surface area (Å²) in [5.74, 6) is -0.970. The molecule has 48 valence electrons. The summed E-state index contributed by atoms with van der Waals surface area (Å²) in [4.78, 5) is 9.78. The van der Waals surface area contributed by atoms with Gasteiger partial charge < -0.3 is 10.8 Å². The van der Waals surface area contributed by atoms with Crippen molar-refractivity contribution in [3.05, 3.63) is 11.8 Å². The van der Waals surface area contributed by atoms with E-state index in [2.05, 4.69) is 0 Å². The third-order valence-corrected chi connectivity index (χ3v) is 0.587. The molecule has 0 saturated carbocycles. The summed E-state index contributed by atoms with van der Waals surface area (Å²) in [7, 11) is 0. The van der Waals surface area contributed by atoms with Gasteiger partial charge in [-0.3, -0.25) is 0 Å². The van der Waals surface area contributed by atoms with Crippen LogP contribution in [0.2, 0.25) is 0 Å². The fourth-order valence-electron chi connectivity index (χ4n) is 0.0713. The van der Waals surface area contributed by atoms with Gasteiger partial charge in [-0.1, -0.05) is 0 Å². The molecule has 0 heterocycles. The molecule has 0 aromatic rings. The second-order valence-corrected chi connectivity index (χ2v) is 1.15. The maximum absolute atomic E-state index is 9.78. The monoisotopic (exact) mass is 137 g/mol. The van der Waals surface area contributed by atoms with E-state index in [9.17, 15) is 4.79 Å². The quantitative estimate of drug-likeness (QED) is 0.513. The first-order chi connectivity index (χ1) is 3.18. The summed E-state index contributed by atoms with van der Waals surface area (Å²) < 4.78 is 0. The molecule has 0 unspecified atom stereocenters. The lowest BCUT2D eigenvalue weighted by atomic mass is 10.3. The molecule has 4 heteroatoms. The number of carboxylic acid groups (broad SMARTS) is 1. The van der Waals surface area contributed by atoms with Crippen molar-refractivity contribution in [3.63, 3.8) is 0 Å². The molecule has 0 aliphatic rings. The van der Waals surface area contributed by atoms with Crippen LogP contribution in [-0.2, 0) is 4.79 Å². The molecule has 0 aliphatic heterocycles. The summed E-state index contributed by atoms with van der Waals surface area (Å²) in [6, 6.07) is 0. The Bertz CT molecular complexity index is 111. The highest BCUT2D eigenvalue weighted by Crippen LogP contribution is 1.84. The molecule has 0 aromatic carbocycles. The minimum Gasteiger partial charge on any atom is -0.478 e. The third-order valence-electron chi connectivity index (χ3n) is 0.587. The molecular weight excluding hydrogens is 130 g/mol. The van der Waals surface area contributed by atoms with Gasteiger partial charge in [-0.15, -0.1) is 12.4 Å². The van der Waals surface area contributed by atoms with Gasteiger partial charge in [-0.05, 0) is 6.92 Å². The molecule has 0 spiro atoms.